The molecule has 2 aliphatic heterocycles. The van der Waals surface area contributed by atoms with Gasteiger partial charge in [-0.05, 0) is 31.9 Å². The predicted octanol–water partition coefficient (Wildman–Crippen LogP) is 1.46. The van der Waals surface area contributed by atoms with Crippen molar-refractivity contribution in [3.8, 4) is 0 Å². The second-order valence-corrected chi connectivity index (χ2v) is 5.99. The zero-order chi connectivity index (χ0) is 17.8. The molecule has 1 fully saturated rings. The third kappa shape index (κ3) is 3.81. The number of esters is 1. The molecule has 25 heavy (non-hydrogen) atoms. The van der Waals surface area contributed by atoms with Gasteiger partial charge in [-0.3, -0.25) is 9.59 Å². The summed E-state index contributed by atoms with van der Waals surface area (Å²) in [5.74, 6) is -1.50. The number of nitrogens with zero attached hydrogens (tertiary/aromatic N) is 1. The molecule has 7 nitrogen and oxygen atoms in total. The Morgan fingerprint density at radius 2 is 1.88 bits per heavy atom. The minimum absolute atomic E-state index is 0.0574. The van der Waals surface area contributed by atoms with Crippen LogP contribution in [-0.4, -0.2) is 48.4 Å². The van der Waals surface area contributed by atoms with Crippen LogP contribution in [0.4, 0.5) is 5.69 Å². The SMILES string of the molecule is C[C@H](OC(=O)C1=C(Nc2ccccc2)OCC1=O)C(=O)N1CCCC1. The molecule has 1 N–H and O–H groups in total. The standard InChI is InChI=1S/C18H20N2O5/c1-12(17(22)20-9-5-6-10-20)25-18(23)15-14(21)11-24-16(15)19-13-7-3-2-4-8-13/h2-4,7-8,12,19H,5-6,9-11H2,1H3/t12-/m0/s1. The zero-order valence-electron chi connectivity index (χ0n) is 14.0. The normalized spacial score (nSPS) is 18.1. The second kappa shape index (κ2) is 7.38. The van der Waals surface area contributed by atoms with Crippen LogP contribution in [-0.2, 0) is 23.9 Å². The van der Waals surface area contributed by atoms with Crippen molar-refractivity contribution in [2.75, 3.05) is 25.0 Å². The molecule has 1 aromatic rings. The number of ether oxygens (including phenoxy) is 2. The number of benzene rings is 1. The van der Waals surface area contributed by atoms with E-state index in [1.54, 1.807) is 17.0 Å². The fourth-order valence-corrected chi connectivity index (χ4v) is 2.83. The van der Waals surface area contributed by atoms with Gasteiger partial charge in [-0.15, -0.1) is 0 Å². The topological polar surface area (TPSA) is 84.9 Å². The lowest BCUT2D eigenvalue weighted by Crippen LogP contribution is -2.38. The lowest BCUT2D eigenvalue weighted by atomic mass is 10.2. The first-order valence-corrected chi connectivity index (χ1v) is 8.28. The minimum Gasteiger partial charge on any atom is -0.470 e. The summed E-state index contributed by atoms with van der Waals surface area (Å²) < 4.78 is 10.5. The Morgan fingerprint density at radius 1 is 1.20 bits per heavy atom. The van der Waals surface area contributed by atoms with Crippen molar-refractivity contribution in [3.63, 3.8) is 0 Å². The number of anilines is 1. The van der Waals surface area contributed by atoms with Crippen LogP contribution in [0.2, 0.25) is 0 Å². The van der Waals surface area contributed by atoms with Gasteiger partial charge in [0.2, 0.25) is 11.7 Å². The Hall–Kier alpha value is -2.83. The van der Waals surface area contributed by atoms with Gasteiger partial charge >= 0.3 is 5.97 Å². The number of Topliss-reactive ketones (excluding diaryl/α,β-unsaturated/α-hetero) is 1. The summed E-state index contributed by atoms with van der Waals surface area (Å²) in [6.45, 7) is 2.64. The maximum Gasteiger partial charge on any atom is 0.348 e. The Morgan fingerprint density at radius 3 is 2.56 bits per heavy atom. The van der Waals surface area contributed by atoms with E-state index in [2.05, 4.69) is 5.32 Å². The molecule has 0 spiro atoms. The molecule has 0 radical (unpaired) electrons. The second-order valence-electron chi connectivity index (χ2n) is 5.99. The van der Waals surface area contributed by atoms with Crippen LogP contribution in [0.1, 0.15) is 19.8 Å². The molecule has 2 heterocycles. The molecule has 0 unspecified atom stereocenters. The summed E-state index contributed by atoms with van der Waals surface area (Å²) in [5, 5.41) is 2.90. The van der Waals surface area contributed by atoms with E-state index in [1.807, 2.05) is 18.2 Å². The van der Waals surface area contributed by atoms with Crippen LogP contribution >= 0.6 is 0 Å². The fourth-order valence-electron chi connectivity index (χ4n) is 2.83. The van der Waals surface area contributed by atoms with E-state index in [0.717, 1.165) is 12.8 Å². The van der Waals surface area contributed by atoms with Gasteiger partial charge in [-0.2, -0.15) is 0 Å². The third-order valence-corrected chi connectivity index (χ3v) is 4.14. The van der Waals surface area contributed by atoms with Crippen LogP contribution in [0, 0.1) is 0 Å². The lowest BCUT2D eigenvalue weighted by Gasteiger charge is -2.20. The average molecular weight is 344 g/mol. The van der Waals surface area contributed by atoms with Crippen molar-refractivity contribution in [3.05, 3.63) is 41.8 Å². The van der Waals surface area contributed by atoms with E-state index in [0.29, 0.717) is 18.8 Å². The number of hydrogen-bond acceptors (Lipinski definition) is 6. The van der Waals surface area contributed by atoms with Crippen LogP contribution in [0.15, 0.2) is 41.8 Å². The van der Waals surface area contributed by atoms with Gasteiger partial charge in [0, 0.05) is 18.8 Å². The summed E-state index contributed by atoms with van der Waals surface area (Å²) in [7, 11) is 0. The summed E-state index contributed by atoms with van der Waals surface area (Å²) in [5.41, 5.74) is 0.489. The van der Waals surface area contributed by atoms with Crippen molar-refractivity contribution in [2.24, 2.45) is 0 Å². The highest BCUT2D eigenvalue weighted by molar-refractivity contribution is 6.20. The van der Waals surface area contributed by atoms with Gasteiger partial charge in [0.25, 0.3) is 5.91 Å². The first-order valence-electron chi connectivity index (χ1n) is 8.28. The minimum atomic E-state index is -0.940. The van der Waals surface area contributed by atoms with Gasteiger partial charge in [0.15, 0.2) is 18.3 Å². The van der Waals surface area contributed by atoms with Crippen molar-refractivity contribution in [1.82, 2.24) is 4.90 Å². The molecule has 0 aliphatic carbocycles. The Balaban J connectivity index is 1.70. The van der Waals surface area contributed by atoms with Crippen molar-refractivity contribution in [1.29, 1.82) is 0 Å². The molecule has 132 valence electrons. The Bertz CT molecular complexity index is 707. The number of hydrogen-bond donors (Lipinski definition) is 1. The maximum absolute atomic E-state index is 12.4. The van der Waals surface area contributed by atoms with Crippen LogP contribution in [0.5, 0.6) is 0 Å². The highest BCUT2D eigenvalue weighted by atomic mass is 16.6. The molecule has 3 rings (SSSR count). The third-order valence-electron chi connectivity index (χ3n) is 4.14. The average Bonchev–Trinajstić information content (AvgIpc) is 3.25. The number of carbonyl (C=O) groups excluding carboxylic acids is 3. The van der Waals surface area contributed by atoms with Crippen LogP contribution in [0.3, 0.4) is 0 Å². The molecule has 1 aromatic carbocycles. The van der Waals surface area contributed by atoms with E-state index >= 15 is 0 Å². The van der Waals surface area contributed by atoms with E-state index in [4.69, 9.17) is 9.47 Å². The van der Waals surface area contributed by atoms with E-state index < -0.39 is 17.9 Å². The molecule has 0 saturated carbocycles. The van der Waals surface area contributed by atoms with Crippen molar-refractivity contribution >= 4 is 23.3 Å². The van der Waals surface area contributed by atoms with E-state index in [1.165, 1.54) is 6.92 Å². The number of carbonyl (C=O) groups is 3. The first kappa shape index (κ1) is 17.0. The summed E-state index contributed by atoms with van der Waals surface area (Å²) in [6, 6.07) is 9.03. The summed E-state index contributed by atoms with van der Waals surface area (Å²) in [4.78, 5) is 38.3. The molecule has 1 amide bonds. The fraction of sp³-hybridized carbons (Fsp3) is 0.389. The summed E-state index contributed by atoms with van der Waals surface area (Å²) >= 11 is 0. The van der Waals surface area contributed by atoms with Gasteiger partial charge in [0.1, 0.15) is 0 Å². The van der Waals surface area contributed by atoms with Crippen molar-refractivity contribution < 1.29 is 23.9 Å². The molecule has 2 aliphatic rings. The molecular weight excluding hydrogens is 324 g/mol. The van der Waals surface area contributed by atoms with Gasteiger partial charge < -0.3 is 19.7 Å². The number of amides is 1. The van der Waals surface area contributed by atoms with Gasteiger partial charge in [-0.1, -0.05) is 18.2 Å². The number of rotatable bonds is 5. The smallest absolute Gasteiger partial charge is 0.348 e. The largest absolute Gasteiger partial charge is 0.470 e. The molecule has 1 atom stereocenters. The zero-order valence-corrected chi connectivity index (χ0v) is 14.0. The quantitative estimate of drug-likeness (QED) is 0.643. The molecule has 0 aromatic heterocycles. The Kier molecular flexibility index (Phi) is 5.02. The number of nitrogens with one attached hydrogen (secondary N) is 1. The Labute approximate surface area is 145 Å². The number of ketones is 1. The monoisotopic (exact) mass is 344 g/mol. The van der Waals surface area contributed by atoms with Crippen molar-refractivity contribution in [2.45, 2.75) is 25.9 Å². The number of para-hydroxylation sites is 1. The van der Waals surface area contributed by atoms with Gasteiger partial charge in [0.05, 0.1) is 0 Å². The molecule has 1 saturated heterocycles. The molecular formula is C18H20N2O5. The molecule has 7 heteroatoms. The molecule has 0 bridgehead atoms. The highest BCUT2D eigenvalue weighted by Gasteiger charge is 2.35. The number of likely N-dealkylation sites (tertiary alicyclic amines) is 1. The van der Waals surface area contributed by atoms with E-state index in [-0.39, 0.29) is 24.0 Å². The van der Waals surface area contributed by atoms with Crippen LogP contribution in [0.25, 0.3) is 0 Å². The lowest BCUT2D eigenvalue weighted by molar-refractivity contribution is -0.156. The van der Waals surface area contributed by atoms with Crippen LogP contribution < -0.4 is 5.32 Å². The predicted molar refractivity (Wildman–Crippen MR) is 89.4 cm³/mol. The maximum atomic E-state index is 12.4. The highest BCUT2D eigenvalue weighted by Crippen LogP contribution is 2.21. The first-order chi connectivity index (χ1) is 12.1. The summed E-state index contributed by atoms with van der Waals surface area (Å²) in [6.07, 6.45) is 0.967. The van der Waals surface area contributed by atoms with Gasteiger partial charge in [-0.25, -0.2) is 4.79 Å². The van der Waals surface area contributed by atoms with E-state index in [9.17, 15) is 14.4 Å².